The molecule has 0 unspecified atom stereocenters. The van der Waals surface area contributed by atoms with E-state index in [1.165, 1.54) is 7.05 Å². The van der Waals surface area contributed by atoms with Crippen molar-refractivity contribution in [2.24, 2.45) is 0 Å². The van der Waals surface area contributed by atoms with Gasteiger partial charge < -0.3 is 10.4 Å². The minimum absolute atomic E-state index is 0.193. The molecule has 0 saturated heterocycles. The zero-order valence-electron chi connectivity index (χ0n) is 13.3. The average Bonchev–Trinajstić information content (AvgIpc) is 2.59. The SMILES string of the molecule is CNc1c(F)cc2c(=O)c(C(=O)O)cn(-c3nc(F)c(F)cc3F)c2c1Cl. The highest BCUT2D eigenvalue weighted by atomic mass is 35.5. The highest BCUT2D eigenvalue weighted by Gasteiger charge is 2.24. The quantitative estimate of drug-likeness (QED) is 0.519. The van der Waals surface area contributed by atoms with Gasteiger partial charge in [-0.25, -0.2) is 18.0 Å². The Hall–Kier alpha value is -3.14. The Morgan fingerprint density at radius 1 is 1.19 bits per heavy atom. The summed E-state index contributed by atoms with van der Waals surface area (Å²) in [5.74, 6) is -8.14. The molecule has 0 aliphatic heterocycles. The number of aromatic carboxylic acids is 1. The average molecular weight is 402 g/mol. The van der Waals surface area contributed by atoms with Crippen LogP contribution in [-0.2, 0) is 0 Å². The summed E-state index contributed by atoms with van der Waals surface area (Å²) < 4.78 is 55.8. The van der Waals surface area contributed by atoms with Crippen LogP contribution < -0.4 is 10.7 Å². The summed E-state index contributed by atoms with van der Waals surface area (Å²) in [7, 11) is 1.32. The maximum atomic E-state index is 14.2. The number of carboxylic acids is 1. The van der Waals surface area contributed by atoms with Gasteiger partial charge >= 0.3 is 5.97 Å². The van der Waals surface area contributed by atoms with Crippen LogP contribution in [0.1, 0.15) is 10.4 Å². The molecule has 2 N–H and O–H groups in total. The molecule has 27 heavy (non-hydrogen) atoms. The second-order valence-corrected chi connectivity index (χ2v) is 5.68. The van der Waals surface area contributed by atoms with E-state index in [1.54, 1.807) is 0 Å². The molecule has 1 aromatic carbocycles. The first-order chi connectivity index (χ1) is 12.7. The summed E-state index contributed by atoms with van der Waals surface area (Å²) in [6.45, 7) is 0. The number of hydrogen-bond acceptors (Lipinski definition) is 4. The molecule has 0 bridgehead atoms. The van der Waals surface area contributed by atoms with Crippen molar-refractivity contribution >= 4 is 34.2 Å². The molecule has 6 nitrogen and oxygen atoms in total. The van der Waals surface area contributed by atoms with Crippen LogP contribution in [-0.4, -0.2) is 27.7 Å². The molecule has 0 fully saturated rings. The van der Waals surface area contributed by atoms with Crippen LogP contribution in [0, 0.1) is 23.4 Å². The molecule has 0 aliphatic rings. The van der Waals surface area contributed by atoms with Crippen LogP contribution in [0.3, 0.4) is 0 Å². The van der Waals surface area contributed by atoms with E-state index in [1.807, 2.05) is 0 Å². The molecule has 0 amide bonds. The molecule has 0 spiro atoms. The molecule has 140 valence electrons. The first kappa shape index (κ1) is 18.6. The van der Waals surface area contributed by atoms with Gasteiger partial charge in [0, 0.05) is 19.3 Å². The van der Waals surface area contributed by atoms with Crippen molar-refractivity contribution in [1.29, 1.82) is 0 Å². The molecule has 11 heteroatoms. The summed E-state index contributed by atoms with van der Waals surface area (Å²) in [6.07, 6.45) is 0.652. The van der Waals surface area contributed by atoms with Crippen molar-refractivity contribution < 1.29 is 27.5 Å². The lowest BCUT2D eigenvalue weighted by molar-refractivity contribution is 0.0695. The van der Waals surface area contributed by atoms with E-state index >= 15 is 0 Å². The normalized spacial score (nSPS) is 11.0. The smallest absolute Gasteiger partial charge is 0.341 e. The third kappa shape index (κ3) is 2.87. The van der Waals surface area contributed by atoms with Gasteiger partial charge in [-0.2, -0.15) is 9.37 Å². The number of nitrogens with zero attached hydrogens (tertiary/aromatic N) is 2. The van der Waals surface area contributed by atoms with Gasteiger partial charge in [0.15, 0.2) is 17.5 Å². The van der Waals surface area contributed by atoms with Gasteiger partial charge in [0.05, 0.1) is 21.6 Å². The Morgan fingerprint density at radius 2 is 1.85 bits per heavy atom. The fraction of sp³-hybridized carbons (Fsp3) is 0.0625. The molecule has 2 heterocycles. The number of fused-ring (bicyclic) bond motifs is 1. The Kier molecular flexibility index (Phi) is 4.52. The van der Waals surface area contributed by atoms with E-state index in [-0.39, 0.29) is 17.3 Å². The van der Waals surface area contributed by atoms with Crippen molar-refractivity contribution in [3.05, 3.63) is 62.5 Å². The van der Waals surface area contributed by atoms with Gasteiger partial charge in [-0.05, 0) is 6.07 Å². The lowest BCUT2D eigenvalue weighted by atomic mass is 10.1. The fourth-order valence-electron chi connectivity index (χ4n) is 2.57. The highest BCUT2D eigenvalue weighted by molar-refractivity contribution is 6.38. The van der Waals surface area contributed by atoms with E-state index < -0.39 is 56.6 Å². The van der Waals surface area contributed by atoms with E-state index in [2.05, 4.69) is 10.3 Å². The lowest BCUT2D eigenvalue weighted by Crippen LogP contribution is -2.20. The molecule has 3 aromatic rings. The number of rotatable bonds is 3. The van der Waals surface area contributed by atoms with Crippen LogP contribution in [0.4, 0.5) is 23.2 Å². The predicted octanol–water partition coefficient (Wildman–Crippen LogP) is 3.34. The molecule has 0 aliphatic carbocycles. The number of nitrogens with one attached hydrogen (secondary N) is 1. The van der Waals surface area contributed by atoms with Gasteiger partial charge in [-0.1, -0.05) is 11.6 Å². The second-order valence-electron chi connectivity index (χ2n) is 5.31. The zero-order valence-corrected chi connectivity index (χ0v) is 14.0. The van der Waals surface area contributed by atoms with Crippen LogP contribution in [0.2, 0.25) is 5.02 Å². The van der Waals surface area contributed by atoms with Gasteiger partial charge in [-0.3, -0.25) is 9.36 Å². The number of halogens is 5. The Bertz CT molecular complexity index is 1180. The van der Waals surface area contributed by atoms with Crippen LogP contribution in [0.5, 0.6) is 0 Å². The van der Waals surface area contributed by atoms with Crippen molar-refractivity contribution in [2.45, 2.75) is 0 Å². The summed E-state index contributed by atoms with van der Waals surface area (Å²) >= 11 is 6.10. The number of carbonyl (C=O) groups is 1. The largest absolute Gasteiger partial charge is 0.477 e. The lowest BCUT2D eigenvalue weighted by Gasteiger charge is -2.16. The summed E-state index contributed by atoms with van der Waals surface area (Å²) in [5.41, 5.74) is -2.58. The molecule has 3 rings (SSSR count). The third-order valence-corrected chi connectivity index (χ3v) is 4.13. The van der Waals surface area contributed by atoms with Gasteiger partial charge in [0.1, 0.15) is 11.4 Å². The van der Waals surface area contributed by atoms with Crippen LogP contribution in [0.25, 0.3) is 16.7 Å². The first-order valence-corrected chi connectivity index (χ1v) is 7.55. The van der Waals surface area contributed by atoms with E-state index in [4.69, 9.17) is 11.6 Å². The Labute approximate surface area is 152 Å². The van der Waals surface area contributed by atoms with E-state index in [0.717, 1.165) is 0 Å². The van der Waals surface area contributed by atoms with Gasteiger partial charge in [0.2, 0.25) is 5.43 Å². The second kappa shape index (κ2) is 6.54. The number of pyridine rings is 2. The standard InChI is InChI=1S/C16H8ClF4N3O3/c1-22-11-7(18)2-5-12(10(11)17)24(4-6(13(5)25)16(26)27)15-9(20)3-8(19)14(21)23-15/h2-4,22H,1H3,(H,26,27). The molecule has 0 saturated carbocycles. The topological polar surface area (TPSA) is 84.2 Å². The number of benzene rings is 1. The van der Waals surface area contributed by atoms with E-state index in [9.17, 15) is 32.3 Å². The molecule has 0 radical (unpaired) electrons. The molecular formula is C16H8ClF4N3O3. The van der Waals surface area contributed by atoms with Crippen molar-refractivity contribution in [1.82, 2.24) is 9.55 Å². The summed E-state index contributed by atoms with van der Waals surface area (Å²) in [5, 5.41) is 10.7. The molecular weight excluding hydrogens is 394 g/mol. The maximum Gasteiger partial charge on any atom is 0.341 e. The fourth-order valence-corrected chi connectivity index (χ4v) is 2.94. The number of hydrogen-bond donors (Lipinski definition) is 2. The summed E-state index contributed by atoms with van der Waals surface area (Å²) in [4.78, 5) is 26.8. The molecule has 2 aromatic heterocycles. The third-order valence-electron chi connectivity index (χ3n) is 3.76. The number of anilines is 1. The zero-order chi connectivity index (χ0) is 20.0. The van der Waals surface area contributed by atoms with E-state index in [0.29, 0.717) is 16.8 Å². The number of carboxylic acid groups (broad SMARTS) is 1. The van der Waals surface area contributed by atoms with Crippen LogP contribution in [0.15, 0.2) is 23.1 Å². The minimum atomic E-state index is -1.70. The van der Waals surface area contributed by atoms with Crippen molar-refractivity contribution in [2.75, 3.05) is 12.4 Å². The monoisotopic (exact) mass is 401 g/mol. The Morgan fingerprint density at radius 3 is 2.44 bits per heavy atom. The maximum absolute atomic E-state index is 14.2. The van der Waals surface area contributed by atoms with Gasteiger partial charge in [0.25, 0.3) is 5.95 Å². The van der Waals surface area contributed by atoms with Crippen LogP contribution >= 0.6 is 11.6 Å². The number of aromatic nitrogens is 2. The molecule has 0 atom stereocenters. The minimum Gasteiger partial charge on any atom is -0.477 e. The highest BCUT2D eigenvalue weighted by Crippen LogP contribution is 2.34. The Balaban J connectivity index is 2.59. The summed E-state index contributed by atoms with van der Waals surface area (Å²) in [6, 6.07) is 0.897. The van der Waals surface area contributed by atoms with Crippen molar-refractivity contribution in [3.8, 4) is 5.82 Å². The van der Waals surface area contributed by atoms with Crippen molar-refractivity contribution in [3.63, 3.8) is 0 Å². The van der Waals surface area contributed by atoms with Gasteiger partial charge in [-0.15, -0.1) is 0 Å². The predicted molar refractivity (Wildman–Crippen MR) is 88.7 cm³/mol. The first-order valence-electron chi connectivity index (χ1n) is 7.17.